The molecular weight excluding hydrogens is 288 g/mol. The molecule has 0 aromatic rings. The summed E-state index contributed by atoms with van der Waals surface area (Å²) in [5.74, 6) is 1.10. The van der Waals surface area contributed by atoms with Crippen molar-refractivity contribution < 1.29 is 9.53 Å². The van der Waals surface area contributed by atoms with Crippen molar-refractivity contribution in [2.45, 2.75) is 71.4 Å². The summed E-state index contributed by atoms with van der Waals surface area (Å²) in [4.78, 5) is 11.9. The van der Waals surface area contributed by atoms with Gasteiger partial charge in [0.05, 0.1) is 12.1 Å². The lowest BCUT2D eigenvalue weighted by molar-refractivity contribution is -0.122. The van der Waals surface area contributed by atoms with Crippen molar-refractivity contribution in [2.24, 2.45) is 17.6 Å². The Hall–Kier alpha value is -0.320. The van der Waals surface area contributed by atoms with Crippen molar-refractivity contribution in [1.82, 2.24) is 5.32 Å². The molecule has 126 valence electrons. The smallest absolute Gasteiger partial charge is 0.236 e. The molecular formula is C16H33ClN2O2. The summed E-state index contributed by atoms with van der Waals surface area (Å²) >= 11 is 0. The van der Waals surface area contributed by atoms with Gasteiger partial charge in [0.25, 0.3) is 0 Å². The Bertz CT molecular complexity index is 281. The molecule has 1 unspecified atom stereocenters. The molecule has 1 fully saturated rings. The first kappa shape index (κ1) is 20.7. The third-order valence-electron chi connectivity index (χ3n) is 4.10. The van der Waals surface area contributed by atoms with Crippen molar-refractivity contribution in [3.8, 4) is 0 Å². The van der Waals surface area contributed by atoms with Crippen molar-refractivity contribution in [1.29, 1.82) is 0 Å². The van der Waals surface area contributed by atoms with E-state index in [-0.39, 0.29) is 24.4 Å². The molecule has 1 saturated carbocycles. The van der Waals surface area contributed by atoms with Crippen molar-refractivity contribution in [3.05, 3.63) is 0 Å². The second-order valence-corrected chi connectivity index (χ2v) is 6.35. The maximum atomic E-state index is 11.9. The molecule has 3 N–H and O–H groups in total. The van der Waals surface area contributed by atoms with Gasteiger partial charge in [-0.2, -0.15) is 0 Å². The van der Waals surface area contributed by atoms with Gasteiger partial charge in [0.1, 0.15) is 0 Å². The quantitative estimate of drug-likeness (QED) is 0.686. The lowest BCUT2D eigenvalue weighted by Crippen LogP contribution is -2.42. The van der Waals surface area contributed by atoms with Crippen molar-refractivity contribution >= 4 is 18.3 Å². The Balaban J connectivity index is 0.00000400. The molecule has 0 spiro atoms. The van der Waals surface area contributed by atoms with E-state index in [0.29, 0.717) is 24.5 Å². The van der Waals surface area contributed by atoms with E-state index in [9.17, 15) is 4.79 Å². The van der Waals surface area contributed by atoms with Crippen LogP contribution >= 0.6 is 12.4 Å². The topological polar surface area (TPSA) is 64.3 Å². The Morgan fingerprint density at radius 3 is 2.48 bits per heavy atom. The van der Waals surface area contributed by atoms with Crippen LogP contribution in [0.25, 0.3) is 0 Å². The third kappa shape index (κ3) is 8.03. The van der Waals surface area contributed by atoms with Crippen LogP contribution in [0.5, 0.6) is 0 Å². The minimum absolute atomic E-state index is 0. The number of rotatable bonds is 9. The number of ether oxygens (including phenoxy) is 1. The van der Waals surface area contributed by atoms with Gasteiger partial charge < -0.3 is 15.8 Å². The lowest BCUT2D eigenvalue weighted by Gasteiger charge is -2.24. The van der Waals surface area contributed by atoms with Gasteiger partial charge in [-0.15, -0.1) is 12.4 Å². The van der Waals surface area contributed by atoms with Crippen LogP contribution in [0.3, 0.4) is 0 Å². The first-order valence-electron chi connectivity index (χ1n) is 8.19. The zero-order valence-electron chi connectivity index (χ0n) is 13.8. The highest BCUT2D eigenvalue weighted by Crippen LogP contribution is 2.30. The van der Waals surface area contributed by atoms with Crippen molar-refractivity contribution in [3.63, 3.8) is 0 Å². The molecule has 2 atom stereocenters. The van der Waals surface area contributed by atoms with Crippen LogP contribution in [-0.4, -0.2) is 31.2 Å². The van der Waals surface area contributed by atoms with Gasteiger partial charge in [-0.05, 0) is 44.4 Å². The first-order chi connectivity index (χ1) is 9.54. The minimum Gasteiger partial charge on any atom is -0.378 e. The fourth-order valence-corrected chi connectivity index (χ4v) is 3.08. The molecule has 0 bridgehead atoms. The third-order valence-corrected chi connectivity index (χ3v) is 4.10. The Kier molecular flexibility index (Phi) is 11.1. The normalized spacial score (nSPS) is 18.3. The van der Waals surface area contributed by atoms with E-state index in [0.717, 1.165) is 19.4 Å². The molecule has 1 aliphatic carbocycles. The van der Waals surface area contributed by atoms with E-state index >= 15 is 0 Å². The average molecular weight is 321 g/mol. The second-order valence-electron chi connectivity index (χ2n) is 6.35. The number of halogens is 1. The SMILES string of the molecule is CCOC(CCNC(=O)[C@@H](N)CC(C)C)C1CCCC1.Cl. The molecule has 0 saturated heterocycles. The van der Waals surface area contributed by atoms with E-state index in [1.165, 1.54) is 25.7 Å². The van der Waals surface area contributed by atoms with Gasteiger partial charge in [-0.1, -0.05) is 26.7 Å². The fourth-order valence-electron chi connectivity index (χ4n) is 3.08. The second kappa shape index (κ2) is 11.3. The zero-order chi connectivity index (χ0) is 15.0. The van der Waals surface area contributed by atoms with Crippen LogP contribution in [0, 0.1) is 11.8 Å². The van der Waals surface area contributed by atoms with Gasteiger partial charge in [-0.3, -0.25) is 4.79 Å². The molecule has 1 amide bonds. The van der Waals surface area contributed by atoms with Crippen LogP contribution in [0.2, 0.25) is 0 Å². The predicted molar refractivity (Wildman–Crippen MR) is 89.7 cm³/mol. The number of amides is 1. The molecule has 0 aliphatic heterocycles. The van der Waals surface area contributed by atoms with Crippen LogP contribution in [0.4, 0.5) is 0 Å². The standard InChI is InChI=1S/C16H32N2O2.ClH/c1-4-20-15(13-7-5-6-8-13)9-10-18-16(19)14(17)11-12(2)3;/h12-15H,4-11,17H2,1-3H3,(H,18,19);1H/t14-,15?;/m0./s1. The van der Waals surface area contributed by atoms with Gasteiger partial charge in [0.2, 0.25) is 5.91 Å². The number of carbonyl (C=O) groups excluding carboxylic acids is 1. The highest BCUT2D eigenvalue weighted by atomic mass is 35.5. The maximum Gasteiger partial charge on any atom is 0.236 e. The number of hydrogen-bond donors (Lipinski definition) is 2. The van der Waals surface area contributed by atoms with E-state index in [1.54, 1.807) is 0 Å². The summed E-state index contributed by atoms with van der Waals surface area (Å²) in [5, 5.41) is 2.96. The van der Waals surface area contributed by atoms with Crippen LogP contribution in [0.15, 0.2) is 0 Å². The van der Waals surface area contributed by atoms with Crippen molar-refractivity contribution in [2.75, 3.05) is 13.2 Å². The van der Waals surface area contributed by atoms with Crippen LogP contribution in [0.1, 0.15) is 59.3 Å². The zero-order valence-corrected chi connectivity index (χ0v) is 14.6. The van der Waals surface area contributed by atoms with Crippen LogP contribution < -0.4 is 11.1 Å². The molecule has 0 heterocycles. The highest BCUT2D eigenvalue weighted by molar-refractivity contribution is 5.85. The summed E-state index contributed by atoms with van der Waals surface area (Å²) in [5.41, 5.74) is 5.87. The first-order valence-corrected chi connectivity index (χ1v) is 8.19. The molecule has 4 nitrogen and oxygen atoms in total. The highest BCUT2D eigenvalue weighted by Gasteiger charge is 2.25. The van der Waals surface area contributed by atoms with Gasteiger partial charge in [-0.25, -0.2) is 0 Å². The predicted octanol–water partition coefficient (Wildman–Crippen LogP) is 2.88. The molecule has 21 heavy (non-hydrogen) atoms. The number of nitrogens with one attached hydrogen (secondary N) is 1. The van der Waals surface area contributed by atoms with Gasteiger partial charge in [0.15, 0.2) is 0 Å². The van der Waals surface area contributed by atoms with Gasteiger partial charge >= 0.3 is 0 Å². The summed E-state index contributed by atoms with van der Waals surface area (Å²) in [6, 6.07) is -0.382. The molecule has 5 heteroatoms. The van der Waals surface area contributed by atoms with E-state index < -0.39 is 0 Å². The number of hydrogen-bond acceptors (Lipinski definition) is 3. The van der Waals surface area contributed by atoms with E-state index in [4.69, 9.17) is 10.5 Å². The molecule has 0 aromatic heterocycles. The molecule has 1 aliphatic rings. The number of carbonyl (C=O) groups is 1. The Morgan fingerprint density at radius 2 is 1.95 bits per heavy atom. The summed E-state index contributed by atoms with van der Waals surface area (Å²) < 4.78 is 5.85. The Morgan fingerprint density at radius 1 is 1.33 bits per heavy atom. The molecule has 0 radical (unpaired) electrons. The Labute approximate surface area is 136 Å². The minimum atomic E-state index is -0.382. The van der Waals surface area contributed by atoms with E-state index in [1.807, 2.05) is 6.92 Å². The molecule has 0 aromatic carbocycles. The summed E-state index contributed by atoms with van der Waals surface area (Å²) in [6.45, 7) is 7.63. The van der Waals surface area contributed by atoms with Crippen LogP contribution in [-0.2, 0) is 9.53 Å². The molecule has 1 rings (SSSR count). The summed E-state index contributed by atoms with van der Waals surface area (Å²) in [7, 11) is 0. The maximum absolute atomic E-state index is 11.9. The fraction of sp³-hybridized carbons (Fsp3) is 0.938. The summed E-state index contributed by atoms with van der Waals surface area (Å²) in [6.07, 6.45) is 7.11. The largest absolute Gasteiger partial charge is 0.378 e. The number of nitrogens with two attached hydrogens (primary N) is 1. The average Bonchev–Trinajstić information content (AvgIpc) is 2.90. The lowest BCUT2D eigenvalue weighted by atomic mass is 9.98. The van der Waals surface area contributed by atoms with Gasteiger partial charge in [0, 0.05) is 13.2 Å². The monoisotopic (exact) mass is 320 g/mol. The van der Waals surface area contributed by atoms with E-state index in [2.05, 4.69) is 19.2 Å².